The summed E-state index contributed by atoms with van der Waals surface area (Å²) in [5.74, 6) is 1.43. The van der Waals surface area contributed by atoms with Crippen molar-refractivity contribution in [2.24, 2.45) is 23.0 Å². The predicted octanol–water partition coefficient (Wildman–Crippen LogP) is 2.94. The van der Waals surface area contributed by atoms with Crippen LogP contribution < -0.4 is 5.73 Å². The van der Waals surface area contributed by atoms with E-state index < -0.39 is 0 Å². The number of rotatable bonds is 3. The van der Waals surface area contributed by atoms with Gasteiger partial charge in [0, 0.05) is 17.1 Å². The molecule has 2 unspecified atom stereocenters. The molecule has 3 N–H and O–H groups in total. The summed E-state index contributed by atoms with van der Waals surface area (Å²) in [5, 5.41) is 1.37. The molecule has 2 nitrogen and oxygen atoms in total. The number of nitrogens with one attached hydrogen (secondary N) is 1. The Morgan fingerprint density at radius 3 is 2.71 bits per heavy atom. The fourth-order valence-electron chi connectivity index (χ4n) is 3.27. The minimum atomic E-state index is 0.424. The fourth-order valence-corrected chi connectivity index (χ4v) is 3.27. The number of hydrogen-bond donors (Lipinski definition) is 2. The van der Waals surface area contributed by atoms with Crippen LogP contribution in [0.2, 0.25) is 0 Å². The van der Waals surface area contributed by atoms with Crippen LogP contribution in [0.3, 0.4) is 0 Å². The van der Waals surface area contributed by atoms with Crippen LogP contribution in [-0.2, 0) is 6.42 Å². The molecule has 0 saturated heterocycles. The van der Waals surface area contributed by atoms with E-state index in [1.165, 1.54) is 16.5 Å². The van der Waals surface area contributed by atoms with Gasteiger partial charge in [-0.05, 0) is 41.8 Å². The lowest BCUT2D eigenvalue weighted by atomic mass is 10.0. The van der Waals surface area contributed by atoms with E-state index in [9.17, 15) is 0 Å². The summed E-state index contributed by atoms with van der Waals surface area (Å²) in [6.45, 7) is 5.49. The summed E-state index contributed by atoms with van der Waals surface area (Å²) in [6, 6.07) is 8.52. The third-order valence-corrected chi connectivity index (χ3v) is 4.66. The summed E-state index contributed by atoms with van der Waals surface area (Å²) < 4.78 is 0. The first kappa shape index (κ1) is 10.8. The Balaban J connectivity index is 1.87. The lowest BCUT2D eigenvalue weighted by Gasteiger charge is -2.01. The molecule has 2 heteroatoms. The number of benzene rings is 1. The first-order valence-corrected chi connectivity index (χ1v) is 6.39. The van der Waals surface area contributed by atoms with Gasteiger partial charge in [-0.2, -0.15) is 0 Å². The van der Waals surface area contributed by atoms with Gasteiger partial charge >= 0.3 is 0 Å². The molecule has 1 heterocycles. The second kappa shape index (κ2) is 3.61. The SMILES string of the molecule is CC1(C)C(CN)C1Cc1c[nH]c2ccccc12. The topological polar surface area (TPSA) is 41.8 Å². The van der Waals surface area contributed by atoms with Gasteiger partial charge in [0.1, 0.15) is 0 Å². The van der Waals surface area contributed by atoms with Gasteiger partial charge in [-0.15, -0.1) is 0 Å². The van der Waals surface area contributed by atoms with E-state index in [0.717, 1.165) is 18.9 Å². The molecule has 1 aliphatic carbocycles. The van der Waals surface area contributed by atoms with Crippen molar-refractivity contribution in [1.29, 1.82) is 0 Å². The highest BCUT2D eigenvalue weighted by Crippen LogP contribution is 2.59. The molecule has 1 saturated carbocycles. The fraction of sp³-hybridized carbons (Fsp3) is 0.467. The molecule has 2 atom stereocenters. The van der Waals surface area contributed by atoms with Crippen LogP contribution in [0.1, 0.15) is 19.4 Å². The predicted molar refractivity (Wildman–Crippen MR) is 71.8 cm³/mol. The van der Waals surface area contributed by atoms with Gasteiger partial charge in [-0.25, -0.2) is 0 Å². The van der Waals surface area contributed by atoms with Crippen molar-refractivity contribution in [2.75, 3.05) is 6.54 Å². The molecule has 1 fully saturated rings. The van der Waals surface area contributed by atoms with E-state index in [1.807, 2.05) is 0 Å². The normalized spacial score (nSPS) is 26.3. The van der Waals surface area contributed by atoms with Crippen LogP contribution >= 0.6 is 0 Å². The Labute approximate surface area is 102 Å². The molecule has 1 aliphatic rings. The molecule has 2 aromatic rings. The quantitative estimate of drug-likeness (QED) is 0.833. The van der Waals surface area contributed by atoms with Crippen molar-refractivity contribution in [3.05, 3.63) is 36.0 Å². The van der Waals surface area contributed by atoms with Crippen LogP contribution in [0.25, 0.3) is 10.9 Å². The lowest BCUT2D eigenvalue weighted by molar-refractivity contribution is 0.536. The molecule has 90 valence electrons. The minimum Gasteiger partial charge on any atom is -0.361 e. The van der Waals surface area contributed by atoms with Gasteiger partial charge in [0.05, 0.1) is 0 Å². The number of H-pyrrole nitrogens is 1. The van der Waals surface area contributed by atoms with Crippen molar-refractivity contribution >= 4 is 10.9 Å². The first-order chi connectivity index (χ1) is 8.14. The van der Waals surface area contributed by atoms with E-state index in [1.54, 1.807) is 0 Å². The molecule has 0 aliphatic heterocycles. The maximum absolute atomic E-state index is 5.83. The summed E-state index contributed by atoms with van der Waals surface area (Å²) in [7, 11) is 0. The maximum atomic E-state index is 5.83. The maximum Gasteiger partial charge on any atom is 0.0456 e. The number of fused-ring (bicyclic) bond motifs is 1. The average molecular weight is 228 g/mol. The summed E-state index contributed by atoms with van der Waals surface area (Å²) in [5.41, 5.74) is 8.94. The van der Waals surface area contributed by atoms with Crippen molar-refractivity contribution in [1.82, 2.24) is 4.98 Å². The first-order valence-electron chi connectivity index (χ1n) is 6.39. The highest BCUT2D eigenvalue weighted by atomic mass is 14.7. The average Bonchev–Trinajstić information content (AvgIpc) is 2.68. The highest BCUT2D eigenvalue weighted by Gasteiger charge is 2.56. The summed E-state index contributed by atoms with van der Waals surface area (Å²) in [6.07, 6.45) is 3.31. The van der Waals surface area contributed by atoms with E-state index in [-0.39, 0.29) is 0 Å². The molecule has 1 aromatic carbocycles. The van der Waals surface area contributed by atoms with Crippen molar-refractivity contribution in [3.8, 4) is 0 Å². The molecule has 3 rings (SSSR count). The zero-order chi connectivity index (χ0) is 12.0. The van der Waals surface area contributed by atoms with E-state index in [2.05, 4.69) is 49.3 Å². The standard InChI is InChI=1S/C15H20N2/c1-15(2)12(13(15)8-16)7-10-9-17-14-6-4-3-5-11(10)14/h3-6,9,12-13,17H,7-8,16H2,1-2H3. The van der Waals surface area contributed by atoms with Gasteiger partial charge in [0.2, 0.25) is 0 Å². The summed E-state index contributed by atoms with van der Waals surface area (Å²) >= 11 is 0. The van der Waals surface area contributed by atoms with Crippen molar-refractivity contribution in [2.45, 2.75) is 20.3 Å². The molecular formula is C15H20N2. The number of aromatic nitrogens is 1. The second-order valence-corrected chi connectivity index (χ2v) is 5.83. The Morgan fingerprint density at radius 2 is 2.00 bits per heavy atom. The Morgan fingerprint density at radius 1 is 1.24 bits per heavy atom. The third-order valence-electron chi connectivity index (χ3n) is 4.66. The number of aromatic amines is 1. The van der Waals surface area contributed by atoms with Crippen LogP contribution in [0.4, 0.5) is 0 Å². The van der Waals surface area contributed by atoms with E-state index in [4.69, 9.17) is 5.73 Å². The molecule has 0 amide bonds. The van der Waals surface area contributed by atoms with Gasteiger partial charge in [-0.3, -0.25) is 0 Å². The Bertz CT molecular complexity index is 539. The van der Waals surface area contributed by atoms with E-state index >= 15 is 0 Å². The molecule has 17 heavy (non-hydrogen) atoms. The lowest BCUT2D eigenvalue weighted by Crippen LogP contribution is -2.05. The molecular weight excluding hydrogens is 208 g/mol. The van der Waals surface area contributed by atoms with Crippen molar-refractivity contribution in [3.63, 3.8) is 0 Å². The van der Waals surface area contributed by atoms with Crippen LogP contribution in [0, 0.1) is 17.3 Å². The second-order valence-electron chi connectivity index (χ2n) is 5.83. The van der Waals surface area contributed by atoms with Gasteiger partial charge in [0.15, 0.2) is 0 Å². The summed E-state index contributed by atoms with van der Waals surface area (Å²) in [4.78, 5) is 3.35. The molecule has 0 radical (unpaired) electrons. The minimum absolute atomic E-state index is 0.424. The Hall–Kier alpha value is -1.28. The molecule has 0 bridgehead atoms. The van der Waals surface area contributed by atoms with Crippen LogP contribution in [0.15, 0.2) is 30.5 Å². The highest BCUT2D eigenvalue weighted by molar-refractivity contribution is 5.83. The third kappa shape index (κ3) is 1.59. The van der Waals surface area contributed by atoms with E-state index in [0.29, 0.717) is 11.3 Å². The zero-order valence-corrected chi connectivity index (χ0v) is 10.5. The molecule has 1 aromatic heterocycles. The van der Waals surface area contributed by atoms with Crippen LogP contribution in [-0.4, -0.2) is 11.5 Å². The largest absolute Gasteiger partial charge is 0.361 e. The molecule has 0 spiro atoms. The zero-order valence-electron chi connectivity index (χ0n) is 10.5. The van der Waals surface area contributed by atoms with Crippen LogP contribution in [0.5, 0.6) is 0 Å². The van der Waals surface area contributed by atoms with Gasteiger partial charge in [0.25, 0.3) is 0 Å². The van der Waals surface area contributed by atoms with Crippen molar-refractivity contribution < 1.29 is 0 Å². The monoisotopic (exact) mass is 228 g/mol. The van der Waals surface area contributed by atoms with Gasteiger partial charge < -0.3 is 10.7 Å². The smallest absolute Gasteiger partial charge is 0.0456 e. The number of hydrogen-bond acceptors (Lipinski definition) is 1. The number of nitrogens with two attached hydrogens (primary N) is 1. The number of para-hydroxylation sites is 1. The Kier molecular flexibility index (Phi) is 2.30. The van der Waals surface area contributed by atoms with Gasteiger partial charge in [-0.1, -0.05) is 32.0 Å².